The van der Waals surface area contributed by atoms with Crippen molar-refractivity contribution >= 4 is 28.2 Å². The predicted octanol–water partition coefficient (Wildman–Crippen LogP) is 8.26. The van der Waals surface area contributed by atoms with Crippen LogP contribution in [0.15, 0.2) is 29.0 Å². The van der Waals surface area contributed by atoms with Crippen molar-refractivity contribution in [1.29, 1.82) is 0 Å². The highest BCUT2D eigenvalue weighted by atomic mass is 79.9. The normalized spacial score (nSPS) is 47.3. The summed E-state index contributed by atoms with van der Waals surface area (Å²) in [6, 6.07) is 0. The first-order chi connectivity index (χ1) is 17.8. The second-order valence-corrected chi connectivity index (χ2v) is 16.2. The molecule has 1 aromatic rings. The van der Waals surface area contributed by atoms with E-state index in [4.69, 9.17) is 9.97 Å². The monoisotopic (exact) mass is 581 g/mol. The van der Waals surface area contributed by atoms with Crippen LogP contribution in [0, 0.1) is 51.2 Å². The van der Waals surface area contributed by atoms with Gasteiger partial charge in [-0.3, -0.25) is 0 Å². The minimum absolute atomic E-state index is 0.00957. The molecular formula is C33H48BrN3O. The van der Waals surface area contributed by atoms with E-state index in [2.05, 4.69) is 69.0 Å². The van der Waals surface area contributed by atoms with E-state index in [0.717, 1.165) is 42.1 Å². The van der Waals surface area contributed by atoms with Gasteiger partial charge in [-0.1, -0.05) is 32.9 Å². The summed E-state index contributed by atoms with van der Waals surface area (Å²) in [6.45, 7) is 20.6. The third-order valence-electron chi connectivity index (χ3n) is 13.9. The van der Waals surface area contributed by atoms with Crippen LogP contribution >= 0.6 is 15.9 Å². The minimum atomic E-state index is -0.101. The molecule has 4 nitrogen and oxygen atoms in total. The molecular weight excluding hydrogens is 534 g/mol. The molecule has 38 heavy (non-hydrogen) atoms. The molecule has 1 aromatic heterocycles. The number of nitrogens with zero attached hydrogens (tertiary/aromatic N) is 3. The number of aldehydes is 1. The fraction of sp³-hybridized carbons (Fsp3) is 0.788. The Kier molecular flexibility index (Phi) is 6.13. The number of piperidine rings is 1. The second-order valence-electron chi connectivity index (χ2n) is 15.3. The number of rotatable bonds is 3. The van der Waals surface area contributed by atoms with Crippen LogP contribution in [0.25, 0.3) is 0 Å². The Hall–Kier alpha value is -1.23. The van der Waals surface area contributed by atoms with Crippen molar-refractivity contribution in [3.05, 3.63) is 29.0 Å². The molecule has 4 aliphatic carbocycles. The first-order valence-corrected chi connectivity index (χ1v) is 16.0. The second kappa shape index (κ2) is 8.63. The minimum Gasteiger partial charge on any atom is -0.335 e. The molecule has 6 rings (SSSR count). The van der Waals surface area contributed by atoms with E-state index in [-0.39, 0.29) is 16.4 Å². The highest BCUT2D eigenvalue weighted by Gasteiger charge is 2.71. The summed E-state index contributed by atoms with van der Waals surface area (Å²) in [7, 11) is 0. The lowest BCUT2D eigenvalue weighted by Crippen LogP contribution is -2.70. The zero-order valence-electron chi connectivity index (χ0n) is 24.5. The first-order valence-electron chi connectivity index (χ1n) is 15.2. The molecule has 208 valence electrons. The van der Waals surface area contributed by atoms with E-state index < -0.39 is 0 Å². The number of hydrogen-bond acceptors (Lipinski definition) is 4. The Morgan fingerprint density at radius 3 is 2.32 bits per heavy atom. The molecule has 1 aliphatic heterocycles. The van der Waals surface area contributed by atoms with Crippen LogP contribution in [0.3, 0.4) is 0 Å². The Morgan fingerprint density at radius 1 is 0.947 bits per heavy atom. The van der Waals surface area contributed by atoms with Gasteiger partial charge in [0.2, 0.25) is 5.95 Å². The molecule has 4 saturated carbocycles. The van der Waals surface area contributed by atoms with Crippen LogP contribution in [0.5, 0.6) is 0 Å². The largest absolute Gasteiger partial charge is 0.335 e. The van der Waals surface area contributed by atoms with Crippen molar-refractivity contribution < 1.29 is 4.79 Å². The molecule has 0 aromatic carbocycles. The fourth-order valence-corrected chi connectivity index (χ4v) is 12.1. The molecule has 1 saturated heterocycles. The van der Waals surface area contributed by atoms with Gasteiger partial charge in [-0.15, -0.1) is 0 Å². The van der Waals surface area contributed by atoms with Gasteiger partial charge in [-0.25, -0.2) is 9.97 Å². The average Bonchev–Trinajstić information content (AvgIpc) is 3.26. The van der Waals surface area contributed by atoms with Crippen molar-refractivity contribution in [2.45, 2.75) is 105 Å². The third-order valence-corrected chi connectivity index (χ3v) is 14.3. The van der Waals surface area contributed by atoms with Gasteiger partial charge in [0.25, 0.3) is 0 Å². The topological polar surface area (TPSA) is 46.1 Å². The fourth-order valence-electron chi connectivity index (χ4n) is 11.9. The highest BCUT2D eigenvalue weighted by Crippen LogP contribution is 2.76. The molecule has 5 aliphatic rings. The zero-order valence-corrected chi connectivity index (χ0v) is 26.1. The lowest BCUT2D eigenvalue weighted by molar-refractivity contribution is -0.225. The van der Waals surface area contributed by atoms with E-state index in [0.29, 0.717) is 34.5 Å². The van der Waals surface area contributed by atoms with Crippen LogP contribution < -0.4 is 4.90 Å². The lowest BCUT2D eigenvalue weighted by atomic mass is 9.33. The molecule has 9 atom stereocenters. The van der Waals surface area contributed by atoms with Gasteiger partial charge in [0.15, 0.2) is 0 Å². The number of anilines is 1. The lowest BCUT2D eigenvalue weighted by Gasteiger charge is -2.73. The maximum Gasteiger partial charge on any atom is 0.225 e. The molecule has 0 N–H and O–H groups in total. The van der Waals surface area contributed by atoms with Gasteiger partial charge < -0.3 is 9.69 Å². The molecule has 0 radical (unpaired) electrons. The summed E-state index contributed by atoms with van der Waals surface area (Å²) < 4.78 is 0.932. The standard InChI is InChI=1S/C33H48BrN3O/c1-21(2)23-10-13-33(20-38)15-14-31(6)24(27(23)33)8-9-26-30(5)16-17-37(28-35-18-22(34)19-36-28)29(3,4)25(30)11-12-32(26,31)7/h18-20,23-27H,1,8-17H2,2-7H3/t23-,24+,25-,26+,27+,30-,31+,32+,33+/m0/s1. The van der Waals surface area contributed by atoms with Gasteiger partial charge >= 0.3 is 0 Å². The summed E-state index contributed by atoms with van der Waals surface area (Å²) in [6.07, 6.45) is 16.1. The smallest absolute Gasteiger partial charge is 0.225 e. The van der Waals surface area contributed by atoms with Crippen molar-refractivity contribution in [2.24, 2.45) is 51.2 Å². The molecule has 5 heteroatoms. The van der Waals surface area contributed by atoms with Crippen LogP contribution in [0.1, 0.15) is 99.3 Å². The molecule has 2 heterocycles. The number of aromatic nitrogens is 2. The summed E-state index contributed by atoms with van der Waals surface area (Å²) >= 11 is 3.51. The van der Waals surface area contributed by atoms with Gasteiger partial charge in [0.05, 0.1) is 4.47 Å². The van der Waals surface area contributed by atoms with E-state index in [9.17, 15) is 4.79 Å². The number of allylic oxidation sites excluding steroid dienone is 1. The molecule has 0 amide bonds. The van der Waals surface area contributed by atoms with Crippen molar-refractivity contribution in [3.63, 3.8) is 0 Å². The van der Waals surface area contributed by atoms with Gasteiger partial charge in [-0.05, 0) is 140 Å². The van der Waals surface area contributed by atoms with E-state index >= 15 is 0 Å². The van der Waals surface area contributed by atoms with Gasteiger partial charge in [-0.2, -0.15) is 0 Å². The Bertz CT molecular complexity index is 1130. The number of carbonyl (C=O) groups is 1. The summed E-state index contributed by atoms with van der Waals surface area (Å²) in [5, 5.41) is 0. The Morgan fingerprint density at radius 2 is 1.66 bits per heavy atom. The van der Waals surface area contributed by atoms with Crippen molar-refractivity contribution in [2.75, 3.05) is 11.4 Å². The van der Waals surface area contributed by atoms with E-state index in [1.54, 1.807) is 0 Å². The molecule has 0 spiro atoms. The van der Waals surface area contributed by atoms with Crippen LogP contribution in [-0.2, 0) is 4.79 Å². The molecule has 0 unspecified atom stereocenters. The number of fused-ring (bicyclic) bond motifs is 7. The predicted molar refractivity (Wildman–Crippen MR) is 158 cm³/mol. The molecule has 5 fully saturated rings. The Balaban J connectivity index is 1.35. The van der Waals surface area contributed by atoms with E-state index in [1.807, 2.05) is 12.4 Å². The quantitative estimate of drug-likeness (QED) is 0.266. The SMILES string of the molecule is C=C(C)[C@@H]1CC[C@]2(C=O)CC[C@]3(C)[C@H](CC[C@@H]4[C@@]5(C)CCN(c6ncc(Br)cn6)C(C)(C)[C@@H]5CC[C@]43C)[C@@H]12. The number of hydrogen-bond donors (Lipinski definition) is 0. The third kappa shape index (κ3) is 3.35. The van der Waals surface area contributed by atoms with Crippen molar-refractivity contribution in [1.82, 2.24) is 9.97 Å². The van der Waals surface area contributed by atoms with Crippen molar-refractivity contribution in [3.8, 4) is 0 Å². The molecule has 0 bridgehead atoms. The summed E-state index contributed by atoms with van der Waals surface area (Å²) in [5.41, 5.74) is 2.13. The number of halogens is 1. The Labute approximate surface area is 239 Å². The van der Waals surface area contributed by atoms with Gasteiger partial charge in [0, 0.05) is 29.9 Å². The first kappa shape index (κ1) is 27.0. The summed E-state index contributed by atoms with van der Waals surface area (Å²) in [5.74, 6) is 3.85. The van der Waals surface area contributed by atoms with E-state index in [1.165, 1.54) is 50.4 Å². The van der Waals surface area contributed by atoms with Crippen LogP contribution in [0.2, 0.25) is 0 Å². The average molecular weight is 583 g/mol. The summed E-state index contributed by atoms with van der Waals surface area (Å²) in [4.78, 5) is 24.6. The zero-order chi connectivity index (χ0) is 27.3. The number of carbonyl (C=O) groups excluding carboxylic acids is 1. The highest BCUT2D eigenvalue weighted by molar-refractivity contribution is 9.10. The van der Waals surface area contributed by atoms with Crippen LogP contribution in [-0.4, -0.2) is 28.3 Å². The maximum atomic E-state index is 12.7. The maximum absolute atomic E-state index is 12.7. The van der Waals surface area contributed by atoms with Gasteiger partial charge in [0.1, 0.15) is 6.29 Å². The van der Waals surface area contributed by atoms with Crippen LogP contribution in [0.4, 0.5) is 5.95 Å².